The highest BCUT2D eigenvalue weighted by molar-refractivity contribution is 5.97. The quantitative estimate of drug-likeness (QED) is 0.820. The standard InChI is InChI=1S/C20H26N2O3/c1-12(2)10-21-19(23)11-25-20(24)14-5-7-18-16(9-14)15-8-13(3)4-6-17(15)22-18/h5,7,9,12-13,22H,4,6,8,10-11H2,1-3H3,(H,21,23)/t13-/m1/s1. The van der Waals surface area contributed by atoms with Gasteiger partial charge in [-0.05, 0) is 54.9 Å². The molecular formula is C20H26N2O3. The molecule has 0 bridgehead atoms. The average Bonchev–Trinajstić information content (AvgIpc) is 2.94. The van der Waals surface area contributed by atoms with Gasteiger partial charge in [-0.25, -0.2) is 4.79 Å². The molecule has 1 heterocycles. The van der Waals surface area contributed by atoms with Crippen LogP contribution in [-0.4, -0.2) is 30.0 Å². The largest absolute Gasteiger partial charge is 0.452 e. The number of nitrogens with one attached hydrogen (secondary N) is 2. The number of hydrogen-bond donors (Lipinski definition) is 2. The normalized spacial score (nSPS) is 16.7. The molecule has 3 rings (SSSR count). The number of rotatable bonds is 5. The van der Waals surface area contributed by atoms with Gasteiger partial charge in [0.25, 0.3) is 5.91 Å². The molecule has 1 aliphatic carbocycles. The lowest BCUT2D eigenvalue weighted by atomic mass is 9.87. The smallest absolute Gasteiger partial charge is 0.338 e. The second-order valence-electron chi connectivity index (χ2n) is 7.46. The molecule has 2 aromatic rings. The predicted molar refractivity (Wildman–Crippen MR) is 97.6 cm³/mol. The van der Waals surface area contributed by atoms with Crippen LogP contribution in [0.3, 0.4) is 0 Å². The van der Waals surface area contributed by atoms with Crippen molar-refractivity contribution in [1.29, 1.82) is 0 Å². The van der Waals surface area contributed by atoms with E-state index in [0.29, 0.717) is 23.9 Å². The third-order valence-corrected chi connectivity index (χ3v) is 4.71. The molecule has 5 heteroatoms. The highest BCUT2D eigenvalue weighted by Crippen LogP contribution is 2.32. The number of amides is 1. The number of aromatic nitrogens is 1. The van der Waals surface area contributed by atoms with E-state index in [0.717, 1.165) is 23.7 Å². The van der Waals surface area contributed by atoms with Crippen LogP contribution in [-0.2, 0) is 22.4 Å². The lowest BCUT2D eigenvalue weighted by Crippen LogP contribution is -2.31. The second-order valence-corrected chi connectivity index (χ2v) is 7.46. The van der Waals surface area contributed by atoms with E-state index in [1.807, 2.05) is 26.0 Å². The van der Waals surface area contributed by atoms with E-state index in [2.05, 4.69) is 17.2 Å². The molecule has 134 valence electrons. The van der Waals surface area contributed by atoms with Crippen molar-refractivity contribution in [1.82, 2.24) is 10.3 Å². The minimum absolute atomic E-state index is 0.244. The molecule has 1 aliphatic rings. The molecule has 0 spiro atoms. The molecule has 25 heavy (non-hydrogen) atoms. The molecule has 1 aromatic carbocycles. The number of benzene rings is 1. The second kappa shape index (κ2) is 7.30. The molecule has 0 saturated heterocycles. The van der Waals surface area contributed by atoms with Crippen LogP contribution in [0, 0.1) is 11.8 Å². The van der Waals surface area contributed by atoms with Crippen LogP contribution in [0.1, 0.15) is 48.8 Å². The fraction of sp³-hybridized carbons (Fsp3) is 0.500. The van der Waals surface area contributed by atoms with Crippen LogP contribution in [0.4, 0.5) is 0 Å². The molecule has 0 fully saturated rings. The lowest BCUT2D eigenvalue weighted by molar-refractivity contribution is -0.124. The van der Waals surface area contributed by atoms with E-state index in [1.54, 1.807) is 6.07 Å². The van der Waals surface area contributed by atoms with Crippen LogP contribution >= 0.6 is 0 Å². The molecule has 0 saturated carbocycles. The molecule has 1 aromatic heterocycles. The van der Waals surface area contributed by atoms with Crippen LogP contribution < -0.4 is 5.32 Å². The third kappa shape index (κ3) is 4.03. The Morgan fingerprint density at radius 1 is 1.36 bits per heavy atom. The zero-order valence-electron chi connectivity index (χ0n) is 15.1. The lowest BCUT2D eigenvalue weighted by Gasteiger charge is -2.18. The molecule has 2 N–H and O–H groups in total. The summed E-state index contributed by atoms with van der Waals surface area (Å²) in [6.45, 7) is 6.62. The van der Waals surface area contributed by atoms with Crippen molar-refractivity contribution in [3.63, 3.8) is 0 Å². The molecule has 5 nitrogen and oxygen atoms in total. The van der Waals surface area contributed by atoms with Gasteiger partial charge >= 0.3 is 5.97 Å². The maximum absolute atomic E-state index is 12.3. The van der Waals surface area contributed by atoms with Crippen LogP contribution in [0.25, 0.3) is 10.9 Å². The monoisotopic (exact) mass is 342 g/mol. The first-order chi connectivity index (χ1) is 11.9. The number of ether oxygens (including phenoxy) is 1. The predicted octanol–water partition coefficient (Wildman–Crippen LogP) is 3.22. The van der Waals surface area contributed by atoms with E-state index in [1.165, 1.54) is 17.7 Å². The van der Waals surface area contributed by atoms with Crippen molar-refractivity contribution < 1.29 is 14.3 Å². The van der Waals surface area contributed by atoms with Gasteiger partial charge in [-0.1, -0.05) is 20.8 Å². The molecule has 0 unspecified atom stereocenters. The van der Waals surface area contributed by atoms with Crippen molar-refractivity contribution in [3.8, 4) is 0 Å². The van der Waals surface area contributed by atoms with Crippen LogP contribution in [0.5, 0.6) is 0 Å². The summed E-state index contributed by atoms with van der Waals surface area (Å²) >= 11 is 0. The number of aromatic amines is 1. The van der Waals surface area contributed by atoms with Crippen LogP contribution in [0.15, 0.2) is 18.2 Å². The molecule has 0 radical (unpaired) electrons. The fourth-order valence-electron chi connectivity index (χ4n) is 3.30. The van der Waals surface area contributed by atoms with Gasteiger partial charge in [0.15, 0.2) is 6.61 Å². The van der Waals surface area contributed by atoms with E-state index in [9.17, 15) is 9.59 Å². The van der Waals surface area contributed by atoms with Gasteiger partial charge in [0.05, 0.1) is 5.56 Å². The van der Waals surface area contributed by atoms with Gasteiger partial charge in [0.2, 0.25) is 0 Å². The molecular weight excluding hydrogens is 316 g/mol. The van der Waals surface area contributed by atoms with Crippen molar-refractivity contribution in [2.75, 3.05) is 13.2 Å². The summed E-state index contributed by atoms with van der Waals surface area (Å²) in [4.78, 5) is 27.4. The van der Waals surface area contributed by atoms with Gasteiger partial charge in [0, 0.05) is 23.1 Å². The summed E-state index contributed by atoms with van der Waals surface area (Å²) in [6, 6.07) is 5.56. The first-order valence-electron chi connectivity index (χ1n) is 9.01. The zero-order valence-corrected chi connectivity index (χ0v) is 15.1. The minimum Gasteiger partial charge on any atom is -0.452 e. The number of esters is 1. The first-order valence-corrected chi connectivity index (χ1v) is 9.01. The SMILES string of the molecule is CC(C)CNC(=O)COC(=O)c1ccc2[nH]c3c(c2c1)C[C@H](C)CC3. The fourth-order valence-corrected chi connectivity index (χ4v) is 3.30. The Morgan fingerprint density at radius 2 is 2.16 bits per heavy atom. The Bertz CT molecular complexity index is 792. The third-order valence-electron chi connectivity index (χ3n) is 4.71. The number of carbonyl (C=O) groups excluding carboxylic acids is 2. The summed E-state index contributed by atoms with van der Waals surface area (Å²) in [5, 5.41) is 3.84. The zero-order chi connectivity index (χ0) is 18.0. The first kappa shape index (κ1) is 17.5. The average molecular weight is 342 g/mol. The van der Waals surface area contributed by atoms with Crippen molar-refractivity contribution in [2.24, 2.45) is 11.8 Å². The number of fused-ring (bicyclic) bond motifs is 3. The molecule has 1 atom stereocenters. The Hall–Kier alpha value is -2.30. The minimum atomic E-state index is -0.458. The molecule has 1 amide bonds. The van der Waals surface area contributed by atoms with Crippen molar-refractivity contribution in [3.05, 3.63) is 35.0 Å². The van der Waals surface area contributed by atoms with Crippen molar-refractivity contribution >= 4 is 22.8 Å². The van der Waals surface area contributed by atoms with Gasteiger partial charge in [-0.3, -0.25) is 4.79 Å². The van der Waals surface area contributed by atoms with E-state index < -0.39 is 5.97 Å². The number of H-pyrrole nitrogens is 1. The Labute approximate surface area is 148 Å². The summed E-state index contributed by atoms with van der Waals surface area (Å²) < 4.78 is 5.15. The van der Waals surface area contributed by atoms with Gasteiger partial charge < -0.3 is 15.0 Å². The summed E-state index contributed by atoms with van der Waals surface area (Å²) in [6.07, 6.45) is 3.28. The Morgan fingerprint density at radius 3 is 2.92 bits per heavy atom. The van der Waals surface area contributed by atoms with E-state index >= 15 is 0 Å². The van der Waals surface area contributed by atoms with Gasteiger partial charge in [-0.15, -0.1) is 0 Å². The molecule has 0 aliphatic heterocycles. The maximum Gasteiger partial charge on any atom is 0.338 e. The number of carbonyl (C=O) groups is 2. The summed E-state index contributed by atoms with van der Waals surface area (Å²) in [5.41, 5.74) is 4.15. The number of aryl methyl sites for hydroxylation is 1. The van der Waals surface area contributed by atoms with Gasteiger partial charge in [-0.2, -0.15) is 0 Å². The Balaban J connectivity index is 1.70. The highest BCUT2D eigenvalue weighted by Gasteiger charge is 2.21. The Kier molecular flexibility index (Phi) is 5.11. The summed E-state index contributed by atoms with van der Waals surface area (Å²) in [5.74, 6) is 0.298. The van der Waals surface area contributed by atoms with E-state index in [4.69, 9.17) is 4.74 Å². The van der Waals surface area contributed by atoms with Crippen molar-refractivity contribution in [2.45, 2.75) is 40.0 Å². The number of hydrogen-bond acceptors (Lipinski definition) is 3. The highest BCUT2D eigenvalue weighted by atomic mass is 16.5. The van der Waals surface area contributed by atoms with Crippen LogP contribution in [0.2, 0.25) is 0 Å². The maximum atomic E-state index is 12.3. The topological polar surface area (TPSA) is 71.2 Å². The van der Waals surface area contributed by atoms with Gasteiger partial charge in [0.1, 0.15) is 0 Å². The van der Waals surface area contributed by atoms with E-state index in [-0.39, 0.29) is 12.5 Å². The summed E-state index contributed by atoms with van der Waals surface area (Å²) in [7, 11) is 0.